The van der Waals surface area contributed by atoms with E-state index in [9.17, 15) is 0 Å². The van der Waals surface area contributed by atoms with Crippen LogP contribution in [0.3, 0.4) is 0 Å². The number of rotatable bonds is 7. The Bertz CT molecular complexity index is 167. The Hall–Kier alpha value is -0.160. The van der Waals surface area contributed by atoms with Crippen LogP contribution in [0.25, 0.3) is 0 Å². The molecule has 1 atom stereocenters. The summed E-state index contributed by atoms with van der Waals surface area (Å²) in [6.07, 6.45) is 1.15. The van der Waals surface area contributed by atoms with Crippen LogP contribution in [-0.2, 0) is 4.74 Å². The average Bonchev–Trinajstić information content (AvgIpc) is 2.71. The SMILES string of the molecule is COCCN(C)CCN1CCC(CO)C1. The summed E-state index contributed by atoms with van der Waals surface area (Å²) in [7, 11) is 3.86. The molecule has 0 saturated carbocycles. The van der Waals surface area contributed by atoms with Crippen LogP contribution < -0.4 is 0 Å². The van der Waals surface area contributed by atoms with E-state index in [-0.39, 0.29) is 0 Å². The molecule has 0 spiro atoms. The minimum Gasteiger partial charge on any atom is -0.396 e. The number of likely N-dealkylation sites (N-methyl/N-ethyl adjacent to an activating group) is 1. The maximum atomic E-state index is 9.02. The van der Waals surface area contributed by atoms with E-state index in [1.165, 1.54) is 0 Å². The Morgan fingerprint density at radius 3 is 2.87 bits per heavy atom. The first kappa shape index (κ1) is 12.9. The van der Waals surface area contributed by atoms with E-state index in [1.54, 1.807) is 7.11 Å². The van der Waals surface area contributed by atoms with E-state index in [2.05, 4.69) is 16.8 Å². The van der Waals surface area contributed by atoms with Gasteiger partial charge < -0.3 is 19.6 Å². The Balaban J connectivity index is 2.04. The van der Waals surface area contributed by atoms with E-state index in [0.29, 0.717) is 12.5 Å². The smallest absolute Gasteiger partial charge is 0.0589 e. The van der Waals surface area contributed by atoms with Gasteiger partial charge in [0, 0.05) is 39.9 Å². The highest BCUT2D eigenvalue weighted by molar-refractivity contribution is 4.75. The minimum absolute atomic E-state index is 0.343. The van der Waals surface area contributed by atoms with Gasteiger partial charge in [-0.25, -0.2) is 0 Å². The number of hydrogen-bond donors (Lipinski definition) is 1. The first-order chi connectivity index (χ1) is 7.26. The minimum atomic E-state index is 0.343. The van der Waals surface area contributed by atoms with Gasteiger partial charge in [-0.15, -0.1) is 0 Å². The highest BCUT2D eigenvalue weighted by Gasteiger charge is 2.21. The van der Waals surface area contributed by atoms with Crippen molar-refractivity contribution in [2.24, 2.45) is 5.92 Å². The number of ether oxygens (including phenoxy) is 1. The second-order valence-corrected chi connectivity index (χ2v) is 4.43. The van der Waals surface area contributed by atoms with Crippen LogP contribution in [0.15, 0.2) is 0 Å². The van der Waals surface area contributed by atoms with Crippen molar-refractivity contribution in [2.75, 3.05) is 60.1 Å². The summed E-state index contributed by atoms with van der Waals surface area (Å²) in [5, 5.41) is 9.02. The van der Waals surface area contributed by atoms with Gasteiger partial charge in [0.25, 0.3) is 0 Å². The Morgan fingerprint density at radius 1 is 1.47 bits per heavy atom. The maximum Gasteiger partial charge on any atom is 0.0589 e. The average molecular weight is 216 g/mol. The predicted molar refractivity (Wildman–Crippen MR) is 61.0 cm³/mol. The number of aliphatic hydroxyl groups is 1. The number of aliphatic hydroxyl groups excluding tert-OH is 1. The van der Waals surface area contributed by atoms with Gasteiger partial charge in [0.2, 0.25) is 0 Å². The summed E-state index contributed by atoms with van der Waals surface area (Å²) in [6.45, 7) is 6.54. The van der Waals surface area contributed by atoms with Crippen molar-refractivity contribution in [2.45, 2.75) is 6.42 Å². The molecular formula is C11H24N2O2. The fourth-order valence-corrected chi connectivity index (χ4v) is 1.94. The molecule has 1 unspecified atom stereocenters. The van der Waals surface area contributed by atoms with Crippen LogP contribution in [0.5, 0.6) is 0 Å². The van der Waals surface area contributed by atoms with Crippen molar-refractivity contribution in [3.05, 3.63) is 0 Å². The number of nitrogens with zero attached hydrogens (tertiary/aromatic N) is 2. The molecule has 1 saturated heterocycles. The van der Waals surface area contributed by atoms with Gasteiger partial charge in [0.15, 0.2) is 0 Å². The largest absolute Gasteiger partial charge is 0.396 e. The van der Waals surface area contributed by atoms with Crippen LogP contribution in [-0.4, -0.2) is 75.0 Å². The second kappa shape index (κ2) is 7.17. The van der Waals surface area contributed by atoms with Crippen molar-refractivity contribution in [1.29, 1.82) is 0 Å². The molecule has 1 N–H and O–H groups in total. The third kappa shape index (κ3) is 4.93. The van der Waals surface area contributed by atoms with E-state index >= 15 is 0 Å². The van der Waals surface area contributed by atoms with E-state index < -0.39 is 0 Å². The molecule has 0 radical (unpaired) electrons. The van der Waals surface area contributed by atoms with Gasteiger partial charge in [-0.3, -0.25) is 0 Å². The third-order valence-electron chi connectivity index (χ3n) is 3.10. The Kier molecular flexibility index (Phi) is 6.17. The molecule has 4 nitrogen and oxygen atoms in total. The van der Waals surface area contributed by atoms with Gasteiger partial charge in [-0.05, 0) is 25.9 Å². The first-order valence-electron chi connectivity index (χ1n) is 5.77. The molecule has 0 aromatic rings. The summed E-state index contributed by atoms with van der Waals surface area (Å²) < 4.78 is 5.03. The molecule has 0 aliphatic carbocycles. The van der Waals surface area contributed by atoms with Gasteiger partial charge in [0.1, 0.15) is 0 Å². The van der Waals surface area contributed by atoms with Crippen molar-refractivity contribution < 1.29 is 9.84 Å². The monoisotopic (exact) mass is 216 g/mol. The summed E-state index contributed by atoms with van der Waals surface area (Å²) in [5.41, 5.74) is 0. The zero-order valence-electron chi connectivity index (χ0n) is 9.98. The Labute approximate surface area is 92.8 Å². The van der Waals surface area contributed by atoms with Crippen molar-refractivity contribution >= 4 is 0 Å². The Morgan fingerprint density at radius 2 is 2.27 bits per heavy atom. The lowest BCUT2D eigenvalue weighted by atomic mass is 10.1. The zero-order chi connectivity index (χ0) is 11.1. The predicted octanol–water partition coefficient (Wildman–Crippen LogP) is -0.121. The molecule has 1 fully saturated rings. The molecule has 0 amide bonds. The second-order valence-electron chi connectivity index (χ2n) is 4.43. The normalized spacial score (nSPS) is 22.8. The maximum absolute atomic E-state index is 9.02. The van der Waals surface area contributed by atoms with Crippen molar-refractivity contribution in [3.8, 4) is 0 Å². The lowest BCUT2D eigenvalue weighted by Gasteiger charge is -2.21. The molecular weight excluding hydrogens is 192 g/mol. The fourth-order valence-electron chi connectivity index (χ4n) is 1.94. The van der Waals surface area contributed by atoms with E-state index in [4.69, 9.17) is 9.84 Å². The van der Waals surface area contributed by atoms with Crippen molar-refractivity contribution in [1.82, 2.24) is 9.80 Å². The summed E-state index contributed by atoms with van der Waals surface area (Å²) in [6, 6.07) is 0. The number of hydrogen-bond acceptors (Lipinski definition) is 4. The van der Waals surface area contributed by atoms with Gasteiger partial charge in [-0.2, -0.15) is 0 Å². The topological polar surface area (TPSA) is 35.9 Å². The molecule has 1 heterocycles. The molecule has 0 aromatic carbocycles. The molecule has 15 heavy (non-hydrogen) atoms. The van der Waals surface area contributed by atoms with Crippen LogP contribution in [0, 0.1) is 5.92 Å². The van der Waals surface area contributed by atoms with Crippen LogP contribution in [0.1, 0.15) is 6.42 Å². The lowest BCUT2D eigenvalue weighted by molar-refractivity contribution is 0.152. The zero-order valence-corrected chi connectivity index (χ0v) is 9.98. The van der Waals surface area contributed by atoms with E-state index in [0.717, 1.165) is 45.8 Å². The van der Waals surface area contributed by atoms with Gasteiger partial charge in [0.05, 0.1) is 6.61 Å². The van der Waals surface area contributed by atoms with Gasteiger partial charge >= 0.3 is 0 Å². The first-order valence-corrected chi connectivity index (χ1v) is 5.77. The molecule has 1 rings (SSSR count). The fraction of sp³-hybridized carbons (Fsp3) is 1.00. The molecule has 4 heteroatoms. The molecule has 1 aliphatic heterocycles. The van der Waals surface area contributed by atoms with Crippen molar-refractivity contribution in [3.63, 3.8) is 0 Å². The quantitative estimate of drug-likeness (QED) is 0.643. The molecule has 0 aromatic heterocycles. The van der Waals surface area contributed by atoms with Gasteiger partial charge in [-0.1, -0.05) is 0 Å². The summed E-state index contributed by atoms with van der Waals surface area (Å²) >= 11 is 0. The lowest BCUT2D eigenvalue weighted by Crippen LogP contribution is -2.33. The number of methoxy groups -OCH3 is 1. The van der Waals surface area contributed by atoms with Crippen LogP contribution in [0.2, 0.25) is 0 Å². The number of likely N-dealkylation sites (tertiary alicyclic amines) is 1. The molecule has 1 aliphatic rings. The highest BCUT2D eigenvalue weighted by atomic mass is 16.5. The summed E-state index contributed by atoms with van der Waals surface area (Å²) in [5.74, 6) is 0.509. The van der Waals surface area contributed by atoms with Crippen LogP contribution in [0.4, 0.5) is 0 Å². The van der Waals surface area contributed by atoms with E-state index in [1.807, 2.05) is 0 Å². The van der Waals surface area contributed by atoms with Crippen LogP contribution >= 0.6 is 0 Å². The standard InChI is InChI=1S/C11H24N2O2/c1-12(7-8-15-2)5-6-13-4-3-11(9-13)10-14/h11,14H,3-10H2,1-2H3. The highest BCUT2D eigenvalue weighted by Crippen LogP contribution is 2.14. The molecule has 0 bridgehead atoms. The third-order valence-corrected chi connectivity index (χ3v) is 3.10. The summed E-state index contributed by atoms with van der Waals surface area (Å²) in [4.78, 5) is 4.72. The molecule has 90 valence electrons.